The van der Waals surface area contributed by atoms with Crippen LogP contribution in [-0.4, -0.2) is 0 Å². The summed E-state index contributed by atoms with van der Waals surface area (Å²) in [6.07, 6.45) is 6.67. The Morgan fingerprint density at radius 1 is 1.00 bits per heavy atom. The maximum absolute atomic E-state index is 2.49. The van der Waals surface area contributed by atoms with E-state index in [1.165, 1.54) is 25.2 Å². The van der Waals surface area contributed by atoms with Crippen LogP contribution in [-0.2, 0) is 0 Å². The molecule has 1 aliphatic carbocycles. The van der Waals surface area contributed by atoms with Crippen molar-refractivity contribution in [3.05, 3.63) is 19.8 Å². The van der Waals surface area contributed by atoms with Crippen LogP contribution in [0.1, 0.15) is 60.8 Å². The van der Waals surface area contributed by atoms with Crippen LogP contribution in [0.15, 0.2) is 0 Å². The topological polar surface area (TPSA) is 0 Å². The first-order valence-corrected chi connectivity index (χ1v) is 5.44. The van der Waals surface area contributed by atoms with E-state index in [9.17, 15) is 0 Å². The fourth-order valence-corrected chi connectivity index (χ4v) is 1.56. The van der Waals surface area contributed by atoms with Gasteiger partial charge in [0.25, 0.3) is 0 Å². The molecule has 0 spiro atoms. The molecular weight excluding hydrogens is 1120 g/mol. The third-order valence-corrected chi connectivity index (χ3v) is 2.28. The second kappa shape index (κ2) is 21.2. The van der Waals surface area contributed by atoms with Gasteiger partial charge in [0.05, 0.1) is 0 Å². The molecule has 1 aliphatic rings. The van der Waals surface area contributed by atoms with Crippen LogP contribution in [0.25, 0.3) is 0 Å². The molecule has 1 fully saturated rings. The van der Waals surface area contributed by atoms with E-state index in [4.69, 9.17) is 0 Å². The Bertz CT molecular complexity index is 121. The minimum atomic E-state index is 0. The van der Waals surface area contributed by atoms with E-state index in [1.54, 1.807) is 0 Å². The molecule has 0 aromatic rings. The zero-order valence-corrected chi connectivity index (χ0v) is 29.9. The van der Waals surface area contributed by atoms with E-state index in [1.807, 2.05) is 0 Å². The first kappa shape index (κ1) is 38.0. The van der Waals surface area contributed by atoms with Gasteiger partial charge in [-0.05, 0) is 0 Å². The Kier molecular flexibility index (Phi) is 44.8. The van der Waals surface area contributed by atoms with E-state index in [0.29, 0.717) is 5.41 Å². The smallest absolute Gasteiger partial charge is 0.358 e. The van der Waals surface area contributed by atoms with Crippen LogP contribution >= 0.6 is 0 Å². The van der Waals surface area contributed by atoms with Crippen molar-refractivity contribution in [3.63, 3.8) is 0 Å². The van der Waals surface area contributed by atoms with Gasteiger partial charge in [0.15, 0.2) is 0 Å². The molecule has 0 aliphatic heterocycles. The van der Waals surface area contributed by atoms with Crippen molar-refractivity contribution in [1.29, 1.82) is 0 Å². The van der Waals surface area contributed by atoms with Crippen molar-refractivity contribution in [2.45, 2.75) is 60.8 Å². The molecule has 102 valence electrons. The monoisotopic (exact) mass is 1150 g/mol. The van der Waals surface area contributed by atoms with Crippen LogP contribution in [0.5, 0.6) is 0 Å². The van der Waals surface area contributed by atoms with Gasteiger partial charge in [-0.2, -0.15) is 33.1 Å². The molecule has 0 nitrogen and oxygen atoms in total. The van der Waals surface area contributed by atoms with Crippen LogP contribution < -0.4 is 0 Å². The van der Waals surface area contributed by atoms with Gasteiger partial charge in [-0.25, -0.2) is 0 Å². The number of rotatable bonds is 0. The molecule has 0 bridgehead atoms. The van der Waals surface area contributed by atoms with Crippen molar-refractivity contribution in [2.24, 2.45) is 11.3 Å². The van der Waals surface area contributed by atoms with E-state index >= 15 is 0 Å². The molecule has 4 heteroatoms. The minimum absolute atomic E-state index is 0. The summed E-state index contributed by atoms with van der Waals surface area (Å²) in [4.78, 5) is 0. The summed E-state index contributed by atoms with van der Waals surface area (Å²) in [5.41, 5.74) is 0.524. The summed E-state index contributed by atoms with van der Waals surface area (Å²) >= 11 is 0. The molecule has 1 unspecified atom stereocenters. The van der Waals surface area contributed by atoms with Gasteiger partial charge in [0, 0.05) is 93.3 Å². The second-order valence-corrected chi connectivity index (χ2v) is 5.64. The first-order valence-electron chi connectivity index (χ1n) is 5.44. The Morgan fingerprint density at radius 2 is 1.33 bits per heavy atom. The largest absolute Gasteiger partial charge is 2.00 e. The summed E-state index contributed by atoms with van der Waals surface area (Å²) in [5.74, 6) is 2.30. The summed E-state index contributed by atoms with van der Waals surface area (Å²) in [7, 11) is 0. The van der Waals surface area contributed by atoms with Crippen molar-refractivity contribution >= 4 is 0 Å². The third-order valence-electron chi connectivity index (χ3n) is 2.28. The van der Waals surface area contributed by atoms with Gasteiger partial charge in [0.2, 0.25) is 0 Å². The van der Waals surface area contributed by atoms with E-state index in [-0.39, 0.29) is 132 Å². The third kappa shape index (κ3) is 25.2. The minimum Gasteiger partial charge on any atom is -0.358 e. The quantitative estimate of drug-likeness (QED) is 0.297. The Labute approximate surface area is 212 Å². The normalized spacial score (nSPS) is 16.5. The molecule has 0 amide bonds. The zero-order valence-electron chi connectivity index (χ0n) is 13.3. The van der Waals surface area contributed by atoms with Gasteiger partial charge < -0.3 is 19.8 Å². The molecule has 0 heterocycles. The van der Waals surface area contributed by atoms with Crippen LogP contribution in [0, 0.1) is 156 Å². The van der Waals surface area contributed by atoms with E-state index in [0.717, 1.165) is 5.92 Å². The Morgan fingerprint density at radius 3 is 1.44 bits per heavy atom. The van der Waals surface area contributed by atoms with Gasteiger partial charge in [-0.15, -0.1) is 0 Å². The number of hydrogen-bond acceptors (Lipinski definition) is 0. The van der Waals surface area contributed by atoms with Crippen LogP contribution in [0.3, 0.4) is 0 Å². The molecule has 1 saturated carbocycles. The molecule has 0 saturated heterocycles. The average molecular weight is 1150 g/mol. The molecule has 0 N–H and O–H groups in total. The van der Waals surface area contributed by atoms with Gasteiger partial charge >= 0.3 is 31.1 Å². The standard InChI is InChI=1S/C9H17.C4H9.CH3.4U/c1-9(2,3)8-6-4-5-7-8;1-4(2)3;;;;;/h6,8H,4-5,7H2,1-3H3;1-3H3;1H3;;;;/q3*-1;;;;+2. The summed E-state index contributed by atoms with van der Waals surface area (Å²) < 4.78 is 0. The van der Waals surface area contributed by atoms with Crippen LogP contribution in [0.2, 0.25) is 0 Å². The Hall–Kier alpha value is 4.21. The molecule has 1 atom stereocenters. The fraction of sp³-hybridized carbons (Fsp3) is 0.786. The molecule has 0 aromatic carbocycles. The molecular formula is C14H29U4-. The summed E-state index contributed by atoms with van der Waals surface area (Å²) in [5, 5.41) is 0. The maximum Gasteiger partial charge on any atom is 2.00 e. The van der Waals surface area contributed by atoms with Gasteiger partial charge in [0.1, 0.15) is 0 Å². The van der Waals surface area contributed by atoms with Gasteiger partial charge in [-0.3, -0.25) is 0 Å². The van der Waals surface area contributed by atoms with Crippen molar-refractivity contribution in [3.8, 4) is 0 Å². The first-order chi connectivity index (χ1) is 5.84. The van der Waals surface area contributed by atoms with Gasteiger partial charge in [-0.1, -0.05) is 39.0 Å². The predicted molar refractivity (Wildman–Crippen MR) is 67.8 cm³/mol. The molecule has 18 heavy (non-hydrogen) atoms. The van der Waals surface area contributed by atoms with Crippen molar-refractivity contribution < 1.29 is 124 Å². The molecule has 0 aromatic heterocycles. The van der Waals surface area contributed by atoms with Crippen LogP contribution in [0.4, 0.5) is 0 Å². The average Bonchev–Trinajstić information content (AvgIpc) is 2.31. The zero-order chi connectivity index (χ0) is 10.5. The SMILES string of the molecule is CC(C)(C)C1[CH-]CCC1.C[C-](C)C.[CH3-].[U+2].[U].[U].[U]. The van der Waals surface area contributed by atoms with Crippen molar-refractivity contribution in [1.82, 2.24) is 0 Å². The summed E-state index contributed by atoms with van der Waals surface area (Å²) in [6.45, 7) is 13.2. The maximum atomic E-state index is 2.49. The predicted octanol–water partition coefficient (Wildman–Crippen LogP) is 5.11. The Balaban J connectivity index is -0.0000000364. The fourth-order valence-electron chi connectivity index (χ4n) is 1.56. The summed E-state index contributed by atoms with van der Waals surface area (Å²) in [6, 6.07) is 0. The second-order valence-electron chi connectivity index (χ2n) is 5.64. The van der Waals surface area contributed by atoms with Crippen molar-refractivity contribution in [2.75, 3.05) is 0 Å². The number of hydrogen-bond donors (Lipinski definition) is 0. The van der Waals surface area contributed by atoms with E-state index < -0.39 is 0 Å². The molecule has 0 radical (unpaired) electrons. The molecule has 1 rings (SSSR count). The van der Waals surface area contributed by atoms with E-state index in [2.05, 4.69) is 48.0 Å².